The summed E-state index contributed by atoms with van der Waals surface area (Å²) >= 11 is 0. The van der Waals surface area contributed by atoms with Gasteiger partial charge in [-0.2, -0.15) is 0 Å². The maximum Gasteiger partial charge on any atom is 0.284 e. The normalized spacial score (nSPS) is 11.0. The maximum atomic E-state index is 12.6. The van der Waals surface area contributed by atoms with E-state index in [1.165, 1.54) is 10.9 Å². The lowest BCUT2D eigenvalue weighted by atomic mass is 10.2. The first-order valence-corrected chi connectivity index (χ1v) is 6.98. The van der Waals surface area contributed by atoms with Crippen molar-refractivity contribution >= 4 is 11.9 Å². The van der Waals surface area contributed by atoms with Crippen molar-refractivity contribution in [2.75, 3.05) is 0 Å². The highest BCUT2D eigenvalue weighted by atomic mass is 16.1. The van der Waals surface area contributed by atoms with Crippen LogP contribution in [-0.2, 0) is 0 Å². The van der Waals surface area contributed by atoms with Gasteiger partial charge in [0.25, 0.3) is 5.56 Å². The highest BCUT2D eigenvalue weighted by Gasteiger charge is 2.08. The summed E-state index contributed by atoms with van der Waals surface area (Å²) in [6, 6.07) is 19.1. The van der Waals surface area contributed by atoms with Crippen molar-refractivity contribution in [3.8, 4) is 5.69 Å². The SMILES string of the molecule is Cc1ncn(-c2ccccc2)c(=O)c1N=Cc1ccccc1. The molecule has 3 rings (SSSR count). The van der Waals surface area contributed by atoms with Crippen molar-refractivity contribution in [2.24, 2.45) is 4.99 Å². The fourth-order valence-electron chi connectivity index (χ4n) is 2.13. The van der Waals surface area contributed by atoms with E-state index >= 15 is 0 Å². The third kappa shape index (κ3) is 2.86. The summed E-state index contributed by atoms with van der Waals surface area (Å²) in [5, 5.41) is 0. The Kier molecular flexibility index (Phi) is 3.92. The fraction of sp³-hybridized carbons (Fsp3) is 0.0556. The summed E-state index contributed by atoms with van der Waals surface area (Å²) in [5.41, 5.74) is 2.51. The molecule has 1 heterocycles. The van der Waals surface area contributed by atoms with Crippen molar-refractivity contribution in [3.63, 3.8) is 0 Å². The Morgan fingerprint density at radius 2 is 1.64 bits per heavy atom. The van der Waals surface area contributed by atoms with Crippen molar-refractivity contribution < 1.29 is 0 Å². The maximum absolute atomic E-state index is 12.6. The zero-order valence-electron chi connectivity index (χ0n) is 12.2. The van der Waals surface area contributed by atoms with E-state index in [0.717, 1.165) is 11.3 Å². The molecule has 4 heteroatoms. The number of benzene rings is 2. The van der Waals surface area contributed by atoms with Crippen molar-refractivity contribution in [1.29, 1.82) is 0 Å². The van der Waals surface area contributed by atoms with Crippen LogP contribution >= 0.6 is 0 Å². The molecule has 0 saturated heterocycles. The largest absolute Gasteiger partial charge is 0.284 e. The van der Waals surface area contributed by atoms with Gasteiger partial charge in [0.05, 0.1) is 11.4 Å². The number of aromatic nitrogens is 2. The van der Waals surface area contributed by atoms with Gasteiger partial charge in [-0.15, -0.1) is 0 Å². The molecule has 0 bridgehead atoms. The predicted molar refractivity (Wildman–Crippen MR) is 88.3 cm³/mol. The smallest absolute Gasteiger partial charge is 0.266 e. The van der Waals surface area contributed by atoms with E-state index in [1.807, 2.05) is 60.7 Å². The molecule has 0 fully saturated rings. The van der Waals surface area contributed by atoms with Gasteiger partial charge in [-0.1, -0.05) is 48.5 Å². The zero-order valence-corrected chi connectivity index (χ0v) is 12.2. The summed E-state index contributed by atoms with van der Waals surface area (Å²) in [6.45, 7) is 1.79. The minimum absolute atomic E-state index is 0.175. The van der Waals surface area contributed by atoms with Gasteiger partial charge in [-0.25, -0.2) is 9.98 Å². The van der Waals surface area contributed by atoms with E-state index in [2.05, 4.69) is 9.98 Å². The van der Waals surface area contributed by atoms with Gasteiger partial charge in [-0.3, -0.25) is 9.36 Å². The van der Waals surface area contributed by atoms with Crippen LogP contribution in [0.2, 0.25) is 0 Å². The van der Waals surface area contributed by atoms with E-state index in [9.17, 15) is 4.79 Å². The second-order valence-electron chi connectivity index (χ2n) is 4.86. The Hall–Kier alpha value is -3.01. The van der Waals surface area contributed by atoms with Gasteiger partial charge < -0.3 is 0 Å². The zero-order chi connectivity index (χ0) is 15.4. The Bertz CT molecular complexity index is 853. The molecule has 22 heavy (non-hydrogen) atoms. The average molecular weight is 289 g/mol. The van der Waals surface area contributed by atoms with E-state index in [4.69, 9.17) is 0 Å². The molecule has 0 spiro atoms. The van der Waals surface area contributed by atoms with Crippen LogP contribution in [0.4, 0.5) is 5.69 Å². The van der Waals surface area contributed by atoms with E-state index in [1.54, 1.807) is 13.1 Å². The molecule has 4 nitrogen and oxygen atoms in total. The van der Waals surface area contributed by atoms with Crippen molar-refractivity contribution in [2.45, 2.75) is 6.92 Å². The standard InChI is InChI=1S/C18H15N3O/c1-14-17(19-12-15-8-4-2-5-9-15)18(22)21(13-20-14)16-10-6-3-7-11-16/h2-13H,1H3. The predicted octanol–water partition coefficient (Wildman–Crippen LogP) is 3.29. The Balaban J connectivity index is 2.05. The lowest BCUT2D eigenvalue weighted by Crippen LogP contribution is -2.19. The minimum atomic E-state index is -0.175. The Morgan fingerprint density at radius 3 is 2.32 bits per heavy atom. The molecule has 0 aliphatic rings. The van der Waals surface area contributed by atoms with Crippen LogP contribution in [0.5, 0.6) is 0 Å². The minimum Gasteiger partial charge on any atom is -0.266 e. The van der Waals surface area contributed by atoms with Gasteiger partial charge in [0, 0.05) is 6.21 Å². The Labute approximate surface area is 128 Å². The van der Waals surface area contributed by atoms with E-state index < -0.39 is 0 Å². The van der Waals surface area contributed by atoms with E-state index in [-0.39, 0.29) is 5.56 Å². The topological polar surface area (TPSA) is 47.2 Å². The lowest BCUT2D eigenvalue weighted by Gasteiger charge is -2.07. The molecule has 1 aromatic heterocycles. The van der Waals surface area contributed by atoms with Gasteiger partial charge in [0.15, 0.2) is 0 Å². The monoisotopic (exact) mass is 289 g/mol. The molecule has 0 radical (unpaired) electrons. The number of hydrogen-bond acceptors (Lipinski definition) is 3. The van der Waals surface area contributed by atoms with Gasteiger partial charge in [0.1, 0.15) is 12.0 Å². The molecule has 3 aromatic rings. The van der Waals surface area contributed by atoms with Crippen molar-refractivity contribution in [3.05, 3.63) is 88.6 Å². The number of hydrogen-bond donors (Lipinski definition) is 0. The molecule has 0 saturated carbocycles. The summed E-state index contributed by atoms with van der Waals surface area (Å²) in [4.78, 5) is 21.2. The summed E-state index contributed by atoms with van der Waals surface area (Å²) in [5.74, 6) is 0. The molecular formula is C18H15N3O. The molecule has 108 valence electrons. The van der Waals surface area contributed by atoms with Gasteiger partial charge in [0.2, 0.25) is 0 Å². The molecule has 0 N–H and O–H groups in total. The summed E-state index contributed by atoms with van der Waals surface area (Å²) < 4.78 is 1.50. The van der Waals surface area contributed by atoms with Crippen LogP contribution in [0.3, 0.4) is 0 Å². The van der Waals surface area contributed by atoms with Crippen LogP contribution in [-0.4, -0.2) is 15.8 Å². The van der Waals surface area contributed by atoms with Crippen LogP contribution in [0.25, 0.3) is 5.69 Å². The number of aryl methyl sites for hydroxylation is 1. The van der Waals surface area contributed by atoms with Crippen molar-refractivity contribution in [1.82, 2.24) is 9.55 Å². The molecule has 0 unspecified atom stereocenters. The quantitative estimate of drug-likeness (QED) is 0.695. The number of para-hydroxylation sites is 1. The van der Waals surface area contributed by atoms with Crippen LogP contribution in [0.1, 0.15) is 11.3 Å². The molecule has 0 aliphatic carbocycles. The van der Waals surface area contributed by atoms with E-state index in [0.29, 0.717) is 11.4 Å². The van der Waals surface area contributed by atoms with Gasteiger partial charge in [-0.05, 0) is 24.6 Å². The highest BCUT2D eigenvalue weighted by molar-refractivity contribution is 5.81. The first-order chi connectivity index (χ1) is 10.8. The molecule has 0 atom stereocenters. The second-order valence-corrected chi connectivity index (χ2v) is 4.86. The number of nitrogens with zero attached hydrogens (tertiary/aromatic N) is 3. The average Bonchev–Trinajstić information content (AvgIpc) is 2.56. The Morgan fingerprint density at radius 1 is 1.00 bits per heavy atom. The van der Waals surface area contributed by atoms with Crippen LogP contribution in [0.15, 0.2) is 76.8 Å². The third-order valence-corrected chi connectivity index (χ3v) is 3.31. The second kappa shape index (κ2) is 6.18. The van der Waals surface area contributed by atoms with Crippen LogP contribution < -0.4 is 5.56 Å². The number of aliphatic imine (C=N–C) groups is 1. The summed E-state index contributed by atoms with van der Waals surface area (Å²) in [7, 11) is 0. The molecule has 0 aliphatic heterocycles. The van der Waals surface area contributed by atoms with Crippen LogP contribution in [0, 0.1) is 6.92 Å². The number of rotatable bonds is 3. The molecule has 0 amide bonds. The fourth-order valence-corrected chi connectivity index (χ4v) is 2.13. The molecule has 2 aromatic carbocycles. The first-order valence-electron chi connectivity index (χ1n) is 6.98. The highest BCUT2D eigenvalue weighted by Crippen LogP contribution is 2.12. The summed E-state index contributed by atoms with van der Waals surface area (Å²) in [6.07, 6.45) is 3.22. The van der Waals surface area contributed by atoms with Gasteiger partial charge >= 0.3 is 0 Å². The molecular weight excluding hydrogens is 274 g/mol. The third-order valence-electron chi connectivity index (χ3n) is 3.31. The first kappa shape index (κ1) is 13.9. The lowest BCUT2D eigenvalue weighted by molar-refractivity contribution is 0.916.